The highest BCUT2D eigenvalue weighted by Crippen LogP contribution is 2.25. The molecule has 1 fully saturated rings. The summed E-state index contributed by atoms with van der Waals surface area (Å²) in [6.45, 7) is 5.89. The van der Waals surface area contributed by atoms with E-state index in [0.717, 1.165) is 13.0 Å². The summed E-state index contributed by atoms with van der Waals surface area (Å²) >= 11 is 0. The first kappa shape index (κ1) is 12.9. The van der Waals surface area contributed by atoms with E-state index in [1.165, 1.54) is 11.0 Å². The maximum atomic E-state index is 11.7. The van der Waals surface area contributed by atoms with Crippen LogP contribution in [0.5, 0.6) is 0 Å². The van der Waals surface area contributed by atoms with E-state index in [1.807, 2.05) is 0 Å². The lowest BCUT2D eigenvalue weighted by atomic mass is 9.93. The molecule has 7 heteroatoms. The summed E-state index contributed by atoms with van der Waals surface area (Å²) < 4.78 is 7.08. The van der Waals surface area contributed by atoms with E-state index in [-0.39, 0.29) is 18.6 Å². The molecular weight excluding hydrogens is 234 g/mol. The van der Waals surface area contributed by atoms with Crippen LogP contribution in [0, 0.1) is 11.8 Å². The molecule has 1 saturated heterocycles. The summed E-state index contributed by atoms with van der Waals surface area (Å²) in [5.74, 6) is 0.813. The van der Waals surface area contributed by atoms with Gasteiger partial charge in [0.2, 0.25) is 5.91 Å². The third kappa shape index (κ3) is 3.25. The zero-order valence-electron chi connectivity index (χ0n) is 10.7. The monoisotopic (exact) mass is 253 g/mol. The molecule has 0 radical (unpaired) electrons. The van der Waals surface area contributed by atoms with Crippen molar-refractivity contribution in [2.45, 2.75) is 32.9 Å². The van der Waals surface area contributed by atoms with E-state index in [4.69, 9.17) is 4.74 Å². The van der Waals surface area contributed by atoms with Crippen LogP contribution in [0.3, 0.4) is 0 Å². The average Bonchev–Trinajstić information content (AvgIpc) is 2.96. The molecule has 1 aliphatic rings. The number of hydrogen-bond acceptors (Lipinski definition) is 5. The van der Waals surface area contributed by atoms with Crippen LogP contribution in [0.1, 0.15) is 20.3 Å². The molecule has 2 heterocycles. The van der Waals surface area contributed by atoms with Gasteiger partial charge in [0.25, 0.3) is 0 Å². The van der Waals surface area contributed by atoms with Gasteiger partial charge >= 0.3 is 0 Å². The Balaban J connectivity index is 1.75. The van der Waals surface area contributed by atoms with Crippen molar-refractivity contribution in [3.8, 4) is 0 Å². The van der Waals surface area contributed by atoms with Crippen molar-refractivity contribution >= 4 is 5.91 Å². The molecule has 18 heavy (non-hydrogen) atoms. The van der Waals surface area contributed by atoms with Crippen molar-refractivity contribution in [2.24, 2.45) is 11.8 Å². The first-order valence-electron chi connectivity index (χ1n) is 6.26. The third-order valence-corrected chi connectivity index (χ3v) is 3.18. The first-order valence-corrected chi connectivity index (χ1v) is 6.26. The van der Waals surface area contributed by atoms with Crippen molar-refractivity contribution in [1.29, 1.82) is 0 Å². The smallest absolute Gasteiger partial charge is 0.241 e. The molecule has 0 aromatic carbocycles. The predicted octanol–water partition coefficient (Wildman–Crippen LogP) is -0.150. The van der Waals surface area contributed by atoms with E-state index in [0.29, 0.717) is 18.4 Å². The highest BCUT2D eigenvalue weighted by molar-refractivity contribution is 5.75. The van der Waals surface area contributed by atoms with Gasteiger partial charge in [-0.05, 0) is 22.8 Å². The number of tetrazole rings is 1. The summed E-state index contributed by atoms with van der Waals surface area (Å²) in [5.41, 5.74) is 0. The Morgan fingerprint density at radius 3 is 3.11 bits per heavy atom. The summed E-state index contributed by atoms with van der Waals surface area (Å²) in [4.78, 5) is 11.7. The molecule has 2 rings (SSSR count). The molecule has 1 N–H and O–H groups in total. The molecule has 0 aliphatic carbocycles. The Labute approximate surface area is 106 Å². The SMILES string of the molecule is CC(C)[C@H]1OCC[C@@H]1CNC(=O)Cn1cnnn1. The molecule has 0 spiro atoms. The highest BCUT2D eigenvalue weighted by atomic mass is 16.5. The Morgan fingerprint density at radius 2 is 2.44 bits per heavy atom. The molecule has 1 aliphatic heterocycles. The van der Waals surface area contributed by atoms with E-state index in [1.54, 1.807) is 0 Å². The van der Waals surface area contributed by atoms with Gasteiger partial charge in [0.05, 0.1) is 6.10 Å². The van der Waals surface area contributed by atoms with Gasteiger partial charge in [-0.15, -0.1) is 5.10 Å². The van der Waals surface area contributed by atoms with Crippen molar-refractivity contribution in [1.82, 2.24) is 25.5 Å². The van der Waals surface area contributed by atoms with Crippen molar-refractivity contribution in [3.63, 3.8) is 0 Å². The van der Waals surface area contributed by atoms with Gasteiger partial charge in [0.1, 0.15) is 12.9 Å². The molecule has 2 atom stereocenters. The molecule has 0 unspecified atom stereocenters. The van der Waals surface area contributed by atoms with Gasteiger partial charge in [-0.25, -0.2) is 4.68 Å². The second-order valence-electron chi connectivity index (χ2n) is 4.94. The standard InChI is InChI=1S/C11H19N5O2/c1-8(2)11-9(3-4-18-11)5-12-10(17)6-16-7-13-14-15-16/h7-9,11H,3-6H2,1-2H3,(H,12,17)/t9-,11-/m1/s1. The minimum atomic E-state index is -0.0725. The minimum Gasteiger partial charge on any atom is -0.378 e. The Bertz CT molecular complexity index is 379. The fraction of sp³-hybridized carbons (Fsp3) is 0.818. The third-order valence-electron chi connectivity index (χ3n) is 3.18. The molecule has 1 amide bonds. The van der Waals surface area contributed by atoms with Gasteiger partial charge in [-0.3, -0.25) is 4.79 Å². The Kier molecular flexibility index (Phi) is 4.24. The largest absolute Gasteiger partial charge is 0.378 e. The Hall–Kier alpha value is -1.50. The van der Waals surface area contributed by atoms with Crippen LogP contribution in [0.15, 0.2) is 6.33 Å². The molecular formula is C11H19N5O2. The number of carbonyl (C=O) groups excluding carboxylic acids is 1. The number of hydrogen-bond donors (Lipinski definition) is 1. The van der Waals surface area contributed by atoms with Crippen molar-refractivity contribution in [2.75, 3.05) is 13.2 Å². The topological polar surface area (TPSA) is 81.9 Å². The van der Waals surface area contributed by atoms with Crippen molar-refractivity contribution in [3.05, 3.63) is 6.33 Å². The normalized spacial score (nSPS) is 23.5. The zero-order valence-corrected chi connectivity index (χ0v) is 10.7. The quantitative estimate of drug-likeness (QED) is 0.789. The van der Waals surface area contributed by atoms with Crippen LogP contribution in [0.25, 0.3) is 0 Å². The number of aromatic nitrogens is 4. The average molecular weight is 253 g/mol. The Morgan fingerprint density at radius 1 is 1.61 bits per heavy atom. The number of nitrogens with zero attached hydrogens (tertiary/aromatic N) is 4. The lowest BCUT2D eigenvalue weighted by molar-refractivity contribution is -0.122. The molecule has 7 nitrogen and oxygen atoms in total. The fourth-order valence-corrected chi connectivity index (χ4v) is 2.31. The molecule has 1 aromatic heterocycles. The molecule has 100 valence electrons. The lowest BCUT2D eigenvalue weighted by Crippen LogP contribution is -2.36. The molecule has 1 aromatic rings. The maximum Gasteiger partial charge on any atom is 0.241 e. The second kappa shape index (κ2) is 5.90. The van der Waals surface area contributed by atoms with Gasteiger partial charge < -0.3 is 10.1 Å². The van der Waals surface area contributed by atoms with Gasteiger partial charge in [0, 0.05) is 19.1 Å². The van der Waals surface area contributed by atoms with Gasteiger partial charge in [-0.1, -0.05) is 13.8 Å². The van der Waals surface area contributed by atoms with Crippen LogP contribution in [-0.2, 0) is 16.1 Å². The number of ether oxygens (including phenoxy) is 1. The van der Waals surface area contributed by atoms with E-state index < -0.39 is 0 Å². The van der Waals surface area contributed by atoms with Crippen molar-refractivity contribution < 1.29 is 9.53 Å². The van der Waals surface area contributed by atoms with Gasteiger partial charge in [0.15, 0.2) is 0 Å². The fourth-order valence-electron chi connectivity index (χ4n) is 2.31. The minimum absolute atomic E-state index is 0.0725. The van der Waals surface area contributed by atoms with Crippen LogP contribution < -0.4 is 5.32 Å². The summed E-state index contributed by atoms with van der Waals surface area (Å²) in [6.07, 6.45) is 2.68. The summed E-state index contributed by atoms with van der Waals surface area (Å²) in [6, 6.07) is 0. The van der Waals surface area contributed by atoms with E-state index in [2.05, 4.69) is 34.7 Å². The van der Waals surface area contributed by atoms with Crippen LogP contribution in [0.4, 0.5) is 0 Å². The number of carbonyl (C=O) groups is 1. The van der Waals surface area contributed by atoms with Crippen LogP contribution in [0.2, 0.25) is 0 Å². The summed E-state index contributed by atoms with van der Waals surface area (Å²) in [7, 11) is 0. The van der Waals surface area contributed by atoms with E-state index in [9.17, 15) is 4.79 Å². The summed E-state index contributed by atoms with van der Waals surface area (Å²) in [5, 5.41) is 13.5. The number of nitrogens with one attached hydrogen (secondary N) is 1. The second-order valence-corrected chi connectivity index (χ2v) is 4.94. The van der Waals surface area contributed by atoms with Crippen LogP contribution in [-0.4, -0.2) is 45.4 Å². The zero-order chi connectivity index (χ0) is 13.0. The highest BCUT2D eigenvalue weighted by Gasteiger charge is 2.30. The maximum absolute atomic E-state index is 11.7. The molecule has 0 bridgehead atoms. The predicted molar refractivity (Wildman–Crippen MR) is 63.5 cm³/mol. The number of amides is 1. The first-order chi connectivity index (χ1) is 8.66. The lowest BCUT2D eigenvalue weighted by Gasteiger charge is -2.22. The number of rotatable bonds is 5. The van der Waals surface area contributed by atoms with Crippen LogP contribution >= 0.6 is 0 Å². The van der Waals surface area contributed by atoms with E-state index >= 15 is 0 Å². The molecule has 0 saturated carbocycles. The van der Waals surface area contributed by atoms with Gasteiger partial charge in [-0.2, -0.15) is 0 Å².